The summed E-state index contributed by atoms with van der Waals surface area (Å²) in [5.74, 6) is 1.75. The zero-order valence-corrected chi connectivity index (χ0v) is 11.9. The van der Waals surface area contributed by atoms with Crippen molar-refractivity contribution in [1.82, 2.24) is 4.90 Å². The van der Waals surface area contributed by atoms with Crippen LogP contribution < -0.4 is 10.5 Å². The molecular formula is C15H21ClN2O. The summed E-state index contributed by atoms with van der Waals surface area (Å²) in [5.41, 5.74) is 7.14. The first kappa shape index (κ1) is 13.2. The number of hydrogen-bond donors (Lipinski definition) is 1. The van der Waals surface area contributed by atoms with Gasteiger partial charge in [-0.2, -0.15) is 0 Å². The monoisotopic (exact) mass is 280 g/mol. The van der Waals surface area contributed by atoms with E-state index in [1.165, 1.54) is 18.4 Å². The summed E-state index contributed by atoms with van der Waals surface area (Å²) in [4.78, 5) is 2.38. The van der Waals surface area contributed by atoms with Crippen molar-refractivity contribution < 1.29 is 4.74 Å². The third kappa shape index (κ3) is 3.62. The van der Waals surface area contributed by atoms with E-state index in [-0.39, 0.29) is 0 Å². The van der Waals surface area contributed by atoms with Crippen LogP contribution in [0, 0.1) is 5.92 Å². The van der Waals surface area contributed by atoms with Crippen LogP contribution in [0.15, 0.2) is 18.2 Å². The molecular weight excluding hydrogens is 260 g/mol. The van der Waals surface area contributed by atoms with E-state index in [0.29, 0.717) is 6.04 Å². The van der Waals surface area contributed by atoms with Crippen molar-refractivity contribution >= 4 is 11.6 Å². The highest BCUT2D eigenvalue weighted by Gasteiger charge is 2.23. The van der Waals surface area contributed by atoms with E-state index >= 15 is 0 Å². The van der Waals surface area contributed by atoms with Crippen molar-refractivity contribution in [1.29, 1.82) is 0 Å². The van der Waals surface area contributed by atoms with Gasteiger partial charge in [-0.05, 0) is 43.4 Å². The van der Waals surface area contributed by atoms with Crippen LogP contribution in [0.25, 0.3) is 0 Å². The Morgan fingerprint density at radius 3 is 2.84 bits per heavy atom. The van der Waals surface area contributed by atoms with Crippen LogP contribution in [0.4, 0.5) is 0 Å². The Hall–Kier alpha value is -0.770. The zero-order valence-electron chi connectivity index (χ0n) is 11.1. The number of ether oxygens (including phenoxy) is 1. The third-order valence-corrected chi connectivity index (χ3v) is 4.13. The molecule has 0 amide bonds. The van der Waals surface area contributed by atoms with Crippen molar-refractivity contribution in [2.45, 2.75) is 31.8 Å². The highest BCUT2D eigenvalue weighted by atomic mass is 35.5. The van der Waals surface area contributed by atoms with Gasteiger partial charge in [0.25, 0.3) is 0 Å². The van der Waals surface area contributed by atoms with Crippen LogP contribution >= 0.6 is 11.6 Å². The quantitative estimate of drug-likeness (QED) is 0.901. The summed E-state index contributed by atoms with van der Waals surface area (Å²) in [6, 6.07) is 6.24. The first-order valence-corrected chi connectivity index (χ1v) is 7.47. The lowest BCUT2D eigenvalue weighted by molar-refractivity contribution is 0.281. The highest BCUT2D eigenvalue weighted by molar-refractivity contribution is 6.30. The lowest BCUT2D eigenvalue weighted by Gasteiger charge is -2.18. The predicted molar refractivity (Wildman–Crippen MR) is 77.5 cm³/mol. The van der Waals surface area contributed by atoms with Gasteiger partial charge in [0.15, 0.2) is 0 Å². The number of halogens is 1. The van der Waals surface area contributed by atoms with Crippen LogP contribution in [-0.2, 0) is 6.54 Å². The van der Waals surface area contributed by atoms with Crippen LogP contribution in [0.1, 0.15) is 24.8 Å². The Morgan fingerprint density at radius 2 is 2.16 bits per heavy atom. The van der Waals surface area contributed by atoms with Gasteiger partial charge < -0.3 is 10.5 Å². The van der Waals surface area contributed by atoms with Gasteiger partial charge in [-0.1, -0.05) is 11.6 Å². The molecule has 1 aromatic rings. The second-order valence-corrected chi connectivity index (χ2v) is 6.23. The SMILES string of the molecule is NC1CCN(Cc2cc(Cl)ccc2OCC2CC2)C1. The summed E-state index contributed by atoms with van der Waals surface area (Å²) < 4.78 is 5.94. The van der Waals surface area contributed by atoms with Crippen molar-refractivity contribution in [3.63, 3.8) is 0 Å². The minimum absolute atomic E-state index is 0.315. The largest absolute Gasteiger partial charge is 0.493 e. The van der Waals surface area contributed by atoms with Crippen molar-refractivity contribution in [2.75, 3.05) is 19.7 Å². The first-order valence-electron chi connectivity index (χ1n) is 7.10. The minimum atomic E-state index is 0.315. The van der Waals surface area contributed by atoms with E-state index in [1.54, 1.807) is 0 Å². The normalized spacial score (nSPS) is 23.8. The first-order chi connectivity index (χ1) is 9.20. The zero-order chi connectivity index (χ0) is 13.2. The fraction of sp³-hybridized carbons (Fsp3) is 0.600. The Morgan fingerprint density at radius 1 is 1.32 bits per heavy atom. The van der Waals surface area contributed by atoms with Gasteiger partial charge in [0.2, 0.25) is 0 Å². The van der Waals surface area contributed by atoms with Crippen molar-refractivity contribution in [3.05, 3.63) is 28.8 Å². The van der Waals surface area contributed by atoms with Gasteiger partial charge in [0, 0.05) is 36.3 Å². The molecule has 2 fully saturated rings. The number of benzene rings is 1. The van der Waals surface area contributed by atoms with Crippen LogP contribution in [0.5, 0.6) is 5.75 Å². The van der Waals surface area contributed by atoms with Gasteiger partial charge in [0.05, 0.1) is 6.61 Å². The topological polar surface area (TPSA) is 38.5 Å². The average molecular weight is 281 g/mol. The molecule has 0 bridgehead atoms. The molecule has 0 aromatic heterocycles. The summed E-state index contributed by atoms with van der Waals surface area (Å²) in [6.07, 6.45) is 3.70. The number of hydrogen-bond acceptors (Lipinski definition) is 3. The number of nitrogens with zero attached hydrogens (tertiary/aromatic N) is 1. The van der Waals surface area contributed by atoms with Crippen molar-refractivity contribution in [3.8, 4) is 5.75 Å². The van der Waals surface area contributed by atoms with E-state index in [0.717, 1.165) is 49.4 Å². The second-order valence-electron chi connectivity index (χ2n) is 5.79. The standard InChI is InChI=1S/C15H21ClN2O/c16-13-3-4-15(19-10-11-1-2-11)12(7-13)8-18-6-5-14(17)9-18/h3-4,7,11,14H,1-2,5-6,8-10,17H2. The molecule has 1 aromatic carbocycles. The second kappa shape index (κ2) is 5.70. The fourth-order valence-electron chi connectivity index (χ4n) is 2.55. The molecule has 104 valence electrons. The maximum absolute atomic E-state index is 6.11. The molecule has 0 radical (unpaired) electrons. The molecule has 3 rings (SSSR count). The number of likely N-dealkylation sites (tertiary alicyclic amines) is 1. The molecule has 19 heavy (non-hydrogen) atoms. The lowest BCUT2D eigenvalue weighted by atomic mass is 10.2. The molecule has 4 heteroatoms. The molecule has 1 unspecified atom stereocenters. The van der Waals surface area contributed by atoms with Gasteiger partial charge in [-0.15, -0.1) is 0 Å². The molecule has 2 aliphatic rings. The number of nitrogens with two attached hydrogens (primary N) is 1. The molecule has 2 N–H and O–H groups in total. The van der Waals surface area contributed by atoms with Crippen molar-refractivity contribution in [2.24, 2.45) is 11.7 Å². The van der Waals surface area contributed by atoms with Gasteiger partial charge in [-0.25, -0.2) is 0 Å². The average Bonchev–Trinajstić information content (AvgIpc) is 3.12. The third-order valence-electron chi connectivity index (χ3n) is 3.90. The predicted octanol–water partition coefficient (Wildman–Crippen LogP) is 2.66. The molecule has 1 aliphatic heterocycles. The molecule has 1 atom stereocenters. The fourth-order valence-corrected chi connectivity index (χ4v) is 2.75. The van der Waals surface area contributed by atoms with Gasteiger partial charge in [-0.3, -0.25) is 4.90 Å². The molecule has 0 spiro atoms. The van der Waals surface area contributed by atoms with Crippen LogP contribution in [0.3, 0.4) is 0 Å². The molecule has 1 aliphatic carbocycles. The van der Waals surface area contributed by atoms with Crippen LogP contribution in [-0.4, -0.2) is 30.6 Å². The smallest absolute Gasteiger partial charge is 0.123 e. The van der Waals surface area contributed by atoms with Gasteiger partial charge >= 0.3 is 0 Å². The lowest BCUT2D eigenvalue weighted by Crippen LogP contribution is -2.26. The highest BCUT2D eigenvalue weighted by Crippen LogP contribution is 2.31. The summed E-state index contributed by atoms with van der Waals surface area (Å²) in [6.45, 7) is 3.76. The molecule has 3 nitrogen and oxygen atoms in total. The van der Waals surface area contributed by atoms with Crippen LogP contribution in [0.2, 0.25) is 5.02 Å². The van der Waals surface area contributed by atoms with E-state index in [4.69, 9.17) is 22.1 Å². The Labute approximate surface area is 119 Å². The maximum Gasteiger partial charge on any atom is 0.123 e. The van der Waals surface area contributed by atoms with Gasteiger partial charge in [0.1, 0.15) is 5.75 Å². The Kier molecular flexibility index (Phi) is 3.96. The summed E-state index contributed by atoms with van der Waals surface area (Å²) in [5, 5.41) is 0.775. The molecule has 1 saturated heterocycles. The molecule has 1 heterocycles. The summed E-state index contributed by atoms with van der Waals surface area (Å²) in [7, 11) is 0. The Balaban J connectivity index is 1.67. The van der Waals surface area contributed by atoms with E-state index in [9.17, 15) is 0 Å². The molecule has 1 saturated carbocycles. The van der Waals surface area contributed by atoms with E-state index in [1.807, 2.05) is 18.2 Å². The maximum atomic E-state index is 6.11. The van der Waals surface area contributed by atoms with E-state index in [2.05, 4.69) is 4.90 Å². The number of rotatable bonds is 5. The Bertz CT molecular complexity index is 448. The van der Waals surface area contributed by atoms with E-state index < -0.39 is 0 Å². The summed E-state index contributed by atoms with van der Waals surface area (Å²) >= 11 is 6.11. The minimum Gasteiger partial charge on any atom is -0.493 e.